The molecule has 5 nitrogen and oxygen atoms in total. The molecular weight excluding hydrogens is 228 g/mol. The van der Waals surface area contributed by atoms with Gasteiger partial charge in [0.05, 0.1) is 6.54 Å². The van der Waals surface area contributed by atoms with Crippen molar-refractivity contribution in [2.45, 2.75) is 45.7 Å². The Morgan fingerprint density at radius 1 is 1.50 bits per heavy atom. The Labute approximate surface area is 109 Å². The van der Waals surface area contributed by atoms with Crippen LogP contribution < -0.4 is 5.32 Å². The maximum Gasteiger partial charge on any atom is 0.226 e. The number of nitrogens with one attached hydrogen (secondary N) is 1. The van der Waals surface area contributed by atoms with E-state index in [1.807, 2.05) is 0 Å². The summed E-state index contributed by atoms with van der Waals surface area (Å²) in [5, 5.41) is 7.48. The molecule has 1 aromatic heterocycles. The Morgan fingerprint density at radius 2 is 2.33 bits per heavy atom. The minimum Gasteiger partial charge on any atom is -0.339 e. The number of likely N-dealkylation sites (N-methyl/N-ethyl adjacent to an activating group) is 1. The first kappa shape index (κ1) is 13.5. The second-order valence-corrected chi connectivity index (χ2v) is 5.62. The summed E-state index contributed by atoms with van der Waals surface area (Å²) in [6, 6.07) is 0.589. The van der Waals surface area contributed by atoms with E-state index in [1.54, 1.807) is 0 Å². The molecule has 0 unspecified atom stereocenters. The summed E-state index contributed by atoms with van der Waals surface area (Å²) in [5.41, 5.74) is 0. The third kappa shape index (κ3) is 3.78. The molecule has 1 N–H and O–H groups in total. The van der Waals surface area contributed by atoms with Gasteiger partial charge in [-0.3, -0.25) is 4.90 Å². The smallest absolute Gasteiger partial charge is 0.226 e. The fourth-order valence-corrected chi connectivity index (χ4v) is 2.35. The molecular formula is C13H24N4O. The lowest BCUT2D eigenvalue weighted by Gasteiger charge is -2.30. The van der Waals surface area contributed by atoms with Crippen molar-refractivity contribution < 1.29 is 4.52 Å². The molecule has 1 atom stereocenters. The van der Waals surface area contributed by atoms with Gasteiger partial charge in [0.25, 0.3) is 0 Å². The molecule has 0 aliphatic carbocycles. The standard InChI is InChI=1S/C13H24N4O/c1-10(2)7-13-15-12(16-18-13)9-17(3)11-5-4-6-14-8-11/h10-11,14H,4-9H2,1-3H3/t11-/m1/s1. The molecule has 1 aliphatic rings. The minimum absolute atomic E-state index is 0.554. The van der Waals surface area contributed by atoms with Gasteiger partial charge in [-0.05, 0) is 32.4 Å². The van der Waals surface area contributed by atoms with Crippen LogP contribution in [0.5, 0.6) is 0 Å². The van der Waals surface area contributed by atoms with Crippen molar-refractivity contribution >= 4 is 0 Å². The molecule has 102 valence electrons. The quantitative estimate of drug-likeness (QED) is 0.859. The lowest BCUT2D eigenvalue weighted by molar-refractivity contribution is 0.189. The van der Waals surface area contributed by atoms with Gasteiger partial charge in [0.1, 0.15) is 0 Å². The van der Waals surface area contributed by atoms with E-state index in [1.165, 1.54) is 12.8 Å². The second kappa shape index (κ2) is 6.29. The SMILES string of the molecule is CC(C)Cc1nc(CN(C)[C@@H]2CCCNC2)no1. The van der Waals surface area contributed by atoms with Crippen LogP contribution in [0.3, 0.4) is 0 Å². The molecule has 1 aromatic rings. The van der Waals surface area contributed by atoms with Crippen molar-refractivity contribution in [3.05, 3.63) is 11.7 Å². The van der Waals surface area contributed by atoms with Crippen LogP contribution in [0.15, 0.2) is 4.52 Å². The van der Waals surface area contributed by atoms with E-state index in [0.717, 1.165) is 37.8 Å². The molecule has 1 saturated heterocycles. The van der Waals surface area contributed by atoms with Crippen LogP contribution in [0.2, 0.25) is 0 Å². The van der Waals surface area contributed by atoms with Gasteiger partial charge in [0.15, 0.2) is 5.82 Å². The predicted octanol–water partition coefficient (Wildman–Crippen LogP) is 1.45. The fraction of sp³-hybridized carbons (Fsp3) is 0.846. The summed E-state index contributed by atoms with van der Waals surface area (Å²) in [7, 11) is 2.14. The van der Waals surface area contributed by atoms with E-state index in [-0.39, 0.29) is 0 Å². The van der Waals surface area contributed by atoms with Crippen LogP contribution >= 0.6 is 0 Å². The van der Waals surface area contributed by atoms with Gasteiger partial charge < -0.3 is 9.84 Å². The van der Waals surface area contributed by atoms with E-state index >= 15 is 0 Å². The highest BCUT2D eigenvalue weighted by molar-refractivity contribution is 4.88. The van der Waals surface area contributed by atoms with Crippen LogP contribution in [0.4, 0.5) is 0 Å². The maximum absolute atomic E-state index is 5.26. The predicted molar refractivity (Wildman–Crippen MR) is 70.2 cm³/mol. The molecule has 0 bridgehead atoms. The average Bonchev–Trinajstić information content (AvgIpc) is 2.76. The Bertz CT molecular complexity index is 358. The second-order valence-electron chi connectivity index (χ2n) is 5.62. The fourth-order valence-electron chi connectivity index (χ4n) is 2.35. The molecule has 5 heteroatoms. The van der Waals surface area contributed by atoms with Crippen LogP contribution in [-0.4, -0.2) is 41.2 Å². The summed E-state index contributed by atoms with van der Waals surface area (Å²) >= 11 is 0. The normalized spacial score (nSPS) is 20.8. The first-order valence-electron chi connectivity index (χ1n) is 6.87. The van der Waals surface area contributed by atoms with E-state index in [2.05, 4.69) is 41.3 Å². The van der Waals surface area contributed by atoms with Crippen molar-refractivity contribution in [2.75, 3.05) is 20.1 Å². The van der Waals surface area contributed by atoms with Gasteiger partial charge in [-0.15, -0.1) is 0 Å². The number of aromatic nitrogens is 2. The third-order valence-electron chi connectivity index (χ3n) is 3.38. The van der Waals surface area contributed by atoms with Crippen LogP contribution in [0, 0.1) is 5.92 Å². The van der Waals surface area contributed by atoms with E-state index in [0.29, 0.717) is 12.0 Å². The van der Waals surface area contributed by atoms with Gasteiger partial charge in [-0.2, -0.15) is 4.98 Å². The lowest BCUT2D eigenvalue weighted by atomic mass is 10.1. The molecule has 1 aliphatic heterocycles. The van der Waals surface area contributed by atoms with Gasteiger partial charge in [-0.1, -0.05) is 19.0 Å². The topological polar surface area (TPSA) is 54.2 Å². The van der Waals surface area contributed by atoms with Gasteiger partial charge in [0.2, 0.25) is 5.89 Å². The summed E-state index contributed by atoms with van der Waals surface area (Å²) < 4.78 is 5.26. The molecule has 0 amide bonds. The van der Waals surface area contributed by atoms with Crippen molar-refractivity contribution in [1.82, 2.24) is 20.4 Å². The largest absolute Gasteiger partial charge is 0.339 e. The molecule has 0 saturated carbocycles. The van der Waals surface area contributed by atoms with Crippen molar-refractivity contribution in [2.24, 2.45) is 5.92 Å². The van der Waals surface area contributed by atoms with Gasteiger partial charge in [-0.25, -0.2) is 0 Å². The number of hydrogen-bond acceptors (Lipinski definition) is 5. The van der Waals surface area contributed by atoms with E-state index in [9.17, 15) is 0 Å². The van der Waals surface area contributed by atoms with Crippen molar-refractivity contribution in [3.63, 3.8) is 0 Å². The van der Waals surface area contributed by atoms with Crippen molar-refractivity contribution in [3.8, 4) is 0 Å². The van der Waals surface area contributed by atoms with Crippen molar-refractivity contribution in [1.29, 1.82) is 0 Å². The summed E-state index contributed by atoms with van der Waals surface area (Å²) in [5.74, 6) is 2.12. The lowest BCUT2D eigenvalue weighted by Crippen LogP contribution is -2.43. The van der Waals surface area contributed by atoms with E-state index in [4.69, 9.17) is 4.52 Å². The first-order chi connectivity index (χ1) is 8.65. The molecule has 18 heavy (non-hydrogen) atoms. The van der Waals surface area contributed by atoms with Gasteiger partial charge in [0, 0.05) is 19.0 Å². The highest BCUT2D eigenvalue weighted by atomic mass is 16.5. The van der Waals surface area contributed by atoms with Crippen LogP contribution in [0.25, 0.3) is 0 Å². The average molecular weight is 252 g/mol. The zero-order valence-electron chi connectivity index (χ0n) is 11.6. The van der Waals surface area contributed by atoms with Gasteiger partial charge >= 0.3 is 0 Å². The molecule has 0 spiro atoms. The van der Waals surface area contributed by atoms with Crippen LogP contribution in [0.1, 0.15) is 38.4 Å². The Hall–Kier alpha value is -0.940. The first-order valence-corrected chi connectivity index (χ1v) is 6.87. The maximum atomic E-state index is 5.26. The number of piperidine rings is 1. The third-order valence-corrected chi connectivity index (χ3v) is 3.38. The highest BCUT2D eigenvalue weighted by Gasteiger charge is 2.19. The van der Waals surface area contributed by atoms with Crippen LogP contribution in [-0.2, 0) is 13.0 Å². The zero-order chi connectivity index (χ0) is 13.0. The molecule has 1 fully saturated rings. The number of rotatable bonds is 5. The zero-order valence-corrected chi connectivity index (χ0v) is 11.6. The number of nitrogens with zero attached hydrogens (tertiary/aromatic N) is 3. The Balaban J connectivity index is 1.86. The summed E-state index contributed by atoms with van der Waals surface area (Å²) in [6.45, 7) is 7.29. The Morgan fingerprint density at radius 3 is 3.00 bits per heavy atom. The Kier molecular flexibility index (Phi) is 4.72. The number of hydrogen-bond donors (Lipinski definition) is 1. The molecule has 2 rings (SSSR count). The molecule has 0 aromatic carbocycles. The minimum atomic E-state index is 0.554. The summed E-state index contributed by atoms with van der Waals surface area (Å²) in [6.07, 6.45) is 3.36. The van der Waals surface area contributed by atoms with E-state index < -0.39 is 0 Å². The monoisotopic (exact) mass is 252 g/mol. The summed E-state index contributed by atoms with van der Waals surface area (Å²) in [4.78, 5) is 6.76. The molecule has 0 radical (unpaired) electrons. The molecule has 2 heterocycles. The highest BCUT2D eigenvalue weighted by Crippen LogP contribution is 2.12.